The molecule has 0 fully saturated rings. The molecule has 0 nitrogen and oxygen atoms in total. The van der Waals surface area contributed by atoms with E-state index in [1.54, 1.807) is 0 Å². The standard InChI is InChI=1S/C5H5.CH3.2ClH.Os/c1-2-4-5-3-1;;;;/h1-5H;1H3;2*1H;/q2*-1;;;+2/p-2. The molecular weight excluding hydrogens is 333 g/mol. The molecule has 0 aliphatic rings. The van der Waals surface area contributed by atoms with Gasteiger partial charge >= 0.3 is 34.7 Å². The maximum atomic E-state index is 4.90. The van der Waals surface area contributed by atoms with Crippen LogP contribution in [-0.4, -0.2) is 0 Å². The fourth-order valence-electron chi connectivity index (χ4n) is 0.321. The molecule has 0 radical (unpaired) electrons. The van der Waals surface area contributed by atoms with Crippen LogP contribution >= 0.6 is 19.3 Å². The Morgan fingerprint density at radius 3 is 1.56 bits per heavy atom. The Bertz CT molecular complexity index is 78.0. The van der Waals surface area contributed by atoms with Crippen LogP contribution in [0.3, 0.4) is 0 Å². The monoisotopic (exact) mass is 342 g/mol. The first-order chi connectivity index (χ1) is 3.91. The zero-order valence-corrected chi connectivity index (χ0v) is 9.05. The molecular formula is C6H8Cl2Os-2. The smallest absolute Gasteiger partial charge is 0.172 e. The minimum Gasteiger partial charge on any atom is -0.214 e. The van der Waals surface area contributed by atoms with Gasteiger partial charge in [0.15, 0.2) is 0 Å². The van der Waals surface area contributed by atoms with Gasteiger partial charge in [-0.3, -0.25) is 0 Å². The van der Waals surface area contributed by atoms with E-state index < -0.39 is 15.4 Å². The zero-order chi connectivity index (χ0) is 6.24. The topological polar surface area (TPSA) is 0 Å². The van der Waals surface area contributed by atoms with E-state index in [1.807, 2.05) is 30.3 Å². The second-order valence-electron chi connectivity index (χ2n) is 1.01. The normalized spacial score (nSPS) is 6.89. The molecule has 0 aliphatic carbocycles. The van der Waals surface area contributed by atoms with Gasteiger partial charge in [0.25, 0.3) is 0 Å². The third kappa shape index (κ3) is 11.9. The molecule has 0 bridgehead atoms. The van der Waals surface area contributed by atoms with Crippen molar-refractivity contribution < 1.29 is 15.4 Å². The average molecular weight is 341 g/mol. The van der Waals surface area contributed by atoms with E-state index in [0.29, 0.717) is 0 Å². The van der Waals surface area contributed by atoms with Crippen molar-refractivity contribution in [1.29, 1.82) is 0 Å². The second-order valence-corrected chi connectivity index (χ2v) is 4.68. The zero-order valence-electron chi connectivity index (χ0n) is 5.00. The van der Waals surface area contributed by atoms with Crippen LogP contribution in [0.25, 0.3) is 0 Å². The maximum Gasteiger partial charge on any atom is -0.172 e. The van der Waals surface area contributed by atoms with Gasteiger partial charge in [0, 0.05) is 0 Å². The van der Waals surface area contributed by atoms with Gasteiger partial charge < -0.3 is 7.43 Å². The molecule has 0 aliphatic heterocycles. The van der Waals surface area contributed by atoms with Gasteiger partial charge in [0.05, 0.1) is 0 Å². The number of halogens is 2. The van der Waals surface area contributed by atoms with Crippen LogP contribution in [0.4, 0.5) is 0 Å². The Morgan fingerprint density at radius 1 is 1.11 bits per heavy atom. The second kappa shape index (κ2) is 11.4. The SMILES string of the molecule is [CH3-].[Cl][Os][Cl].c1cc[cH-]c1. The van der Waals surface area contributed by atoms with Crippen LogP contribution in [0.2, 0.25) is 0 Å². The fourth-order valence-corrected chi connectivity index (χ4v) is 0.321. The molecule has 1 aromatic carbocycles. The summed E-state index contributed by atoms with van der Waals surface area (Å²) in [5.74, 6) is 0. The van der Waals surface area contributed by atoms with Crippen LogP contribution < -0.4 is 0 Å². The fraction of sp³-hybridized carbons (Fsp3) is 0. The Labute approximate surface area is 72.4 Å². The van der Waals surface area contributed by atoms with Gasteiger partial charge in [-0.25, -0.2) is 12.1 Å². The molecule has 0 N–H and O–H groups in total. The minimum absolute atomic E-state index is 0. The Morgan fingerprint density at radius 2 is 1.44 bits per heavy atom. The summed E-state index contributed by atoms with van der Waals surface area (Å²) >= 11 is -0.639. The summed E-state index contributed by atoms with van der Waals surface area (Å²) in [6.45, 7) is 0. The summed E-state index contributed by atoms with van der Waals surface area (Å²) in [6.07, 6.45) is 0. The van der Waals surface area contributed by atoms with Crippen molar-refractivity contribution in [3.63, 3.8) is 0 Å². The Hall–Kier alpha value is 0.566. The average Bonchev–Trinajstić information content (AvgIpc) is 2.17. The molecule has 1 aromatic rings. The molecule has 0 heterocycles. The molecule has 0 spiro atoms. The first-order valence-corrected chi connectivity index (χ1v) is 8.23. The molecule has 0 saturated heterocycles. The Balaban J connectivity index is 0. The molecule has 1 rings (SSSR count). The minimum atomic E-state index is -0.639. The van der Waals surface area contributed by atoms with Gasteiger partial charge in [-0.2, -0.15) is 18.2 Å². The summed E-state index contributed by atoms with van der Waals surface area (Å²) in [6, 6.07) is 10.0. The van der Waals surface area contributed by atoms with Crippen LogP contribution in [0.15, 0.2) is 30.3 Å². The first kappa shape index (κ1) is 12.3. The molecule has 9 heavy (non-hydrogen) atoms. The van der Waals surface area contributed by atoms with Crippen LogP contribution in [0.5, 0.6) is 0 Å². The number of rotatable bonds is 0. The van der Waals surface area contributed by atoms with Gasteiger partial charge in [-0.05, 0) is 0 Å². The molecule has 0 amide bonds. The largest absolute Gasteiger partial charge is 0.214 e. The van der Waals surface area contributed by atoms with Gasteiger partial charge in [0.1, 0.15) is 0 Å². The molecule has 0 atom stereocenters. The van der Waals surface area contributed by atoms with Gasteiger partial charge in [-0.1, -0.05) is 0 Å². The molecule has 0 aromatic heterocycles. The first-order valence-electron chi connectivity index (χ1n) is 1.93. The van der Waals surface area contributed by atoms with Crippen molar-refractivity contribution in [2.45, 2.75) is 0 Å². The molecule has 56 valence electrons. The van der Waals surface area contributed by atoms with E-state index in [2.05, 4.69) is 0 Å². The summed E-state index contributed by atoms with van der Waals surface area (Å²) < 4.78 is 0. The van der Waals surface area contributed by atoms with Crippen LogP contribution in [0.1, 0.15) is 0 Å². The number of hydrogen-bond donors (Lipinski definition) is 0. The molecule has 0 saturated carbocycles. The summed E-state index contributed by atoms with van der Waals surface area (Å²) in [7, 11) is 9.81. The summed E-state index contributed by atoms with van der Waals surface area (Å²) in [4.78, 5) is 0. The van der Waals surface area contributed by atoms with E-state index >= 15 is 0 Å². The molecule has 3 heteroatoms. The van der Waals surface area contributed by atoms with E-state index in [9.17, 15) is 0 Å². The van der Waals surface area contributed by atoms with Gasteiger partial charge in [-0.15, -0.1) is 0 Å². The summed E-state index contributed by atoms with van der Waals surface area (Å²) in [5, 5.41) is 0. The van der Waals surface area contributed by atoms with Crippen molar-refractivity contribution in [3.8, 4) is 0 Å². The maximum absolute atomic E-state index is 4.90. The van der Waals surface area contributed by atoms with E-state index in [-0.39, 0.29) is 7.43 Å². The van der Waals surface area contributed by atoms with Crippen LogP contribution in [-0.2, 0) is 15.4 Å². The number of hydrogen-bond acceptors (Lipinski definition) is 0. The van der Waals surface area contributed by atoms with E-state index in [0.717, 1.165) is 0 Å². The summed E-state index contributed by atoms with van der Waals surface area (Å²) in [5.41, 5.74) is 0. The van der Waals surface area contributed by atoms with Gasteiger partial charge in [0.2, 0.25) is 0 Å². The Kier molecular flexibility index (Phi) is 15.5. The van der Waals surface area contributed by atoms with Crippen molar-refractivity contribution in [2.75, 3.05) is 0 Å². The van der Waals surface area contributed by atoms with Crippen LogP contribution in [0, 0.1) is 7.43 Å². The van der Waals surface area contributed by atoms with Crippen molar-refractivity contribution >= 4 is 19.3 Å². The molecule has 0 unspecified atom stereocenters. The predicted octanol–water partition coefficient (Wildman–Crippen LogP) is 3.23. The quantitative estimate of drug-likeness (QED) is 0.636. The van der Waals surface area contributed by atoms with Crippen molar-refractivity contribution in [2.24, 2.45) is 0 Å². The van der Waals surface area contributed by atoms with Crippen molar-refractivity contribution in [1.82, 2.24) is 0 Å². The van der Waals surface area contributed by atoms with E-state index in [1.165, 1.54) is 0 Å². The third-order valence-electron chi connectivity index (χ3n) is 0.556. The van der Waals surface area contributed by atoms with E-state index in [4.69, 9.17) is 19.3 Å². The predicted molar refractivity (Wildman–Crippen MR) is 40.2 cm³/mol. The third-order valence-corrected chi connectivity index (χ3v) is 0.556. The van der Waals surface area contributed by atoms with Crippen molar-refractivity contribution in [3.05, 3.63) is 37.8 Å².